The Morgan fingerprint density at radius 1 is 0.909 bits per heavy atom. The molecule has 2 amide bonds. The molecule has 0 unspecified atom stereocenters. The number of hydrogen-bond donors (Lipinski definition) is 3. The van der Waals surface area contributed by atoms with Gasteiger partial charge in [0.05, 0.1) is 17.4 Å². The monoisotopic (exact) mass is 441 g/mol. The molecule has 2 aromatic heterocycles. The molecule has 2 aromatic carbocycles. The molecule has 4 aromatic rings. The van der Waals surface area contributed by atoms with Gasteiger partial charge in [-0.25, -0.2) is 0 Å². The smallest absolute Gasteiger partial charge is 0.276 e. The van der Waals surface area contributed by atoms with Crippen LogP contribution in [0, 0.1) is 5.92 Å². The fourth-order valence-electron chi connectivity index (χ4n) is 3.79. The maximum absolute atomic E-state index is 13.0. The Balaban J connectivity index is 1.27. The number of nitrogens with one attached hydrogen (secondary N) is 3. The zero-order chi connectivity index (χ0) is 22.4. The highest BCUT2D eigenvalue weighted by molar-refractivity contribution is 6.11. The third-order valence-corrected chi connectivity index (χ3v) is 5.70. The minimum absolute atomic E-state index is 0.0294. The van der Waals surface area contributed by atoms with E-state index >= 15 is 0 Å². The summed E-state index contributed by atoms with van der Waals surface area (Å²) in [6.07, 6.45) is 5.23. The Morgan fingerprint density at radius 2 is 1.79 bits per heavy atom. The van der Waals surface area contributed by atoms with Gasteiger partial charge < -0.3 is 20.1 Å². The quantitative estimate of drug-likeness (QED) is 0.432. The van der Waals surface area contributed by atoms with E-state index in [1.165, 1.54) is 0 Å². The van der Waals surface area contributed by atoms with Crippen LogP contribution in [-0.2, 0) is 4.79 Å². The highest BCUT2D eigenvalue weighted by Crippen LogP contribution is 2.35. The van der Waals surface area contributed by atoms with Crippen molar-refractivity contribution in [2.75, 3.05) is 17.4 Å². The average Bonchev–Trinajstić information content (AvgIpc) is 3.43. The predicted octanol–water partition coefficient (Wildman–Crippen LogP) is 3.95. The van der Waals surface area contributed by atoms with Crippen molar-refractivity contribution in [1.82, 2.24) is 15.2 Å². The van der Waals surface area contributed by atoms with Gasteiger partial charge >= 0.3 is 0 Å². The number of benzene rings is 2. The Hall–Kier alpha value is -4.40. The van der Waals surface area contributed by atoms with Gasteiger partial charge in [-0.2, -0.15) is 5.10 Å². The number of H-pyrrole nitrogens is 1. The van der Waals surface area contributed by atoms with Gasteiger partial charge in [0, 0.05) is 34.8 Å². The number of aromatic nitrogens is 3. The number of nitrogens with zero attached hydrogens (tertiary/aromatic N) is 2. The standard InChI is InChI=1S/C24H19N5O4/c30-23(13-1-2-13)27-17-7-15(10-25-11-17)14-3-5-19-18(8-14)22(29-28-19)24(31)26-16-4-6-20-21(9-16)33-12-32-20/h3-11,13H,1-2,12H2,(H,26,31)(H,27,30)(H,28,29). The van der Waals surface area contributed by atoms with Crippen LogP contribution in [-0.4, -0.2) is 33.8 Å². The van der Waals surface area contributed by atoms with Crippen LogP contribution in [0.1, 0.15) is 23.3 Å². The Kier molecular flexibility index (Phi) is 4.46. The molecular formula is C24H19N5O4. The van der Waals surface area contributed by atoms with Crippen molar-refractivity contribution >= 4 is 34.1 Å². The topological polar surface area (TPSA) is 118 Å². The Labute approximate surface area is 188 Å². The average molecular weight is 441 g/mol. The molecule has 2 aliphatic rings. The minimum atomic E-state index is -0.346. The molecule has 6 rings (SSSR count). The third kappa shape index (κ3) is 3.73. The number of anilines is 2. The van der Waals surface area contributed by atoms with E-state index in [4.69, 9.17) is 9.47 Å². The molecule has 164 valence electrons. The summed E-state index contributed by atoms with van der Waals surface area (Å²) in [6.45, 7) is 0.167. The predicted molar refractivity (Wildman–Crippen MR) is 121 cm³/mol. The Morgan fingerprint density at radius 3 is 2.67 bits per heavy atom. The largest absolute Gasteiger partial charge is 0.454 e. The highest BCUT2D eigenvalue weighted by atomic mass is 16.7. The van der Waals surface area contributed by atoms with E-state index < -0.39 is 0 Å². The molecule has 1 saturated carbocycles. The molecule has 33 heavy (non-hydrogen) atoms. The van der Waals surface area contributed by atoms with E-state index in [9.17, 15) is 9.59 Å². The summed E-state index contributed by atoms with van der Waals surface area (Å²) in [4.78, 5) is 29.3. The maximum atomic E-state index is 13.0. The fraction of sp³-hybridized carbons (Fsp3) is 0.167. The number of aromatic amines is 1. The van der Waals surface area contributed by atoms with E-state index in [0.29, 0.717) is 28.3 Å². The lowest BCUT2D eigenvalue weighted by Gasteiger charge is -2.07. The van der Waals surface area contributed by atoms with Gasteiger partial charge in [-0.1, -0.05) is 6.07 Å². The lowest BCUT2D eigenvalue weighted by molar-refractivity contribution is -0.117. The van der Waals surface area contributed by atoms with Crippen molar-refractivity contribution in [2.24, 2.45) is 5.92 Å². The number of carbonyl (C=O) groups is 2. The van der Waals surface area contributed by atoms with Gasteiger partial charge in [0.2, 0.25) is 12.7 Å². The molecule has 0 atom stereocenters. The van der Waals surface area contributed by atoms with Crippen LogP contribution < -0.4 is 20.1 Å². The van der Waals surface area contributed by atoms with E-state index in [1.54, 1.807) is 30.6 Å². The summed E-state index contributed by atoms with van der Waals surface area (Å²) in [7, 11) is 0. The lowest BCUT2D eigenvalue weighted by atomic mass is 10.0. The zero-order valence-corrected chi connectivity index (χ0v) is 17.4. The minimum Gasteiger partial charge on any atom is -0.454 e. The van der Waals surface area contributed by atoms with Crippen LogP contribution in [0.2, 0.25) is 0 Å². The van der Waals surface area contributed by atoms with Gasteiger partial charge in [-0.3, -0.25) is 19.7 Å². The van der Waals surface area contributed by atoms with Gasteiger partial charge in [-0.15, -0.1) is 0 Å². The molecule has 0 radical (unpaired) electrons. The van der Waals surface area contributed by atoms with Crippen molar-refractivity contribution in [1.29, 1.82) is 0 Å². The van der Waals surface area contributed by atoms with Crippen LogP contribution in [0.25, 0.3) is 22.0 Å². The van der Waals surface area contributed by atoms with E-state index in [-0.39, 0.29) is 30.2 Å². The molecule has 1 aliphatic carbocycles. The van der Waals surface area contributed by atoms with E-state index in [0.717, 1.165) is 29.5 Å². The Bertz CT molecular complexity index is 1410. The second kappa shape index (κ2) is 7.63. The van der Waals surface area contributed by atoms with Gasteiger partial charge in [-0.05, 0) is 48.7 Å². The van der Waals surface area contributed by atoms with Crippen LogP contribution in [0.5, 0.6) is 11.5 Å². The summed E-state index contributed by atoms with van der Waals surface area (Å²) in [5.74, 6) is 1.03. The first kappa shape index (κ1) is 19.3. The lowest BCUT2D eigenvalue weighted by Crippen LogP contribution is -2.13. The van der Waals surface area contributed by atoms with Gasteiger partial charge in [0.15, 0.2) is 17.2 Å². The molecule has 1 aliphatic heterocycles. The second-order valence-electron chi connectivity index (χ2n) is 8.08. The third-order valence-electron chi connectivity index (χ3n) is 5.70. The van der Waals surface area contributed by atoms with Crippen molar-refractivity contribution in [2.45, 2.75) is 12.8 Å². The number of hydrogen-bond acceptors (Lipinski definition) is 6. The summed E-state index contributed by atoms with van der Waals surface area (Å²) < 4.78 is 10.7. The molecule has 1 fully saturated rings. The summed E-state index contributed by atoms with van der Waals surface area (Å²) in [5.41, 5.74) is 3.93. The summed E-state index contributed by atoms with van der Waals surface area (Å²) in [5, 5.41) is 13.6. The van der Waals surface area contributed by atoms with E-state index in [2.05, 4.69) is 25.8 Å². The zero-order valence-electron chi connectivity index (χ0n) is 17.4. The molecule has 3 N–H and O–H groups in total. The van der Waals surface area contributed by atoms with Gasteiger partial charge in [0.1, 0.15) is 0 Å². The molecule has 0 bridgehead atoms. The number of amides is 2. The van der Waals surface area contributed by atoms with Crippen molar-refractivity contribution < 1.29 is 19.1 Å². The molecular weight excluding hydrogens is 422 g/mol. The van der Waals surface area contributed by atoms with Gasteiger partial charge in [0.25, 0.3) is 5.91 Å². The molecule has 3 heterocycles. The number of fused-ring (bicyclic) bond motifs is 2. The van der Waals surface area contributed by atoms with Crippen molar-refractivity contribution in [3.05, 3.63) is 60.6 Å². The molecule has 9 nitrogen and oxygen atoms in total. The fourth-order valence-corrected chi connectivity index (χ4v) is 3.79. The number of carbonyl (C=O) groups excluding carboxylic acids is 2. The van der Waals surface area contributed by atoms with Crippen LogP contribution >= 0.6 is 0 Å². The van der Waals surface area contributed by atoms with Crippen LogP contribution in [0.15, 0.2) is 54.9 Å². The number of pyridine rings is 1. The summed E-state index contributed by atoms with van der Waals surface area (Å²) in [6, 6.07) is 12.8. The summed E-state index contributed by atoms with van der Waals surface area (Å²) >= 11 is 0. The first-order valence-corrected chi connectivity index (χ1v) is 10.6. The second-order valence-corrected chi connectivity index (χ2v) is 8.08. The number of rotatable bonds is 5. The normalized spacial score (nSPS) is 14.3. The molecule has 9 heteroatoms. The van der Waals surface area contributed by atoms with Crippen LogP contribution in [0.4, 0.5) is 11.4 Å². The van der Waals surface area contributed by atoms with E-state index in [1.807, 2.05) is 24.3 Å². The maximum Gasteiger partial charge on any atom is 0.276 e. The number of ether oxygens (including phenoxy) is 2. The molecule has 0 saturated heterocycles. The molecule has 0 spiro atoms. The van der Waals surface area contributed by atoms with Crippen molar-refractivity contribution in [3.63, 3.8) is 0 Å². The first-order valence-electron chi connectivity index (χ1n) is 10.6. The highest BCUT2D eigenvalue weighted by Gasteiger charge is 2.29. The van der Waals surface area contributed by atoms with Crippen molar-refractivity contribution in [3.8, 4) is 22.6 Å². The SMILES string of the molecule is O=C(Nc1ccc2c(c1)OCO2)c1n[nH]c2ccc(-c3cncc(NC(=O)C4CC4)c3)cc12. The first-order chi connectivity index (χ1) is 16.1. The van der Waals surface area contributed by atoms with Crippen LogP contribution in [0.3, 0.4) is 0 Å².